The van der Waals surface area contributed by atoms with Crippen LogP contribution in [0.25, 0.3) is 6.08 Å². The molecule has 1 aromatic heterocycles. The van der Waals surface area contributed by atoms with E-state index in [1.54, 1.807) is 12.1 Å². The van der Waals surface area contributed by atoms with Gasteiger partial charge in [0.2, 0.25) is 5.88 Å². The van der Waals surface area contributed by atoms with Gasteiger partial charge in [0.15, 0.2) is 0 Å². The summed E-state index contributed by atoms with van der Waals surface area (Å²) in [5, 5.41) is 19.3. The van der Waals surface area contributed by atoms with Crippen molar-refractivity contribution >= 4 is 17.7 Å². The van der Waals surface area contributed by atoms with Crippen molar-refractivity contribution in [3.63, 3.8) is 0 Å². The first kappa shape index (κ1) is 16.2. The molecule has 23 heavy (non-hydrogen) atoms. The second-order valence-electron chi connectivity index (χ2n) is 4.87. The number of nitrogens with zero attached hydrogens (tertiary/aromatic N) is 2. The molecular weight excluding hydrogens is 300 g/mol. The van der Waals surface area contributed by atoms with Crippen LogP contribution in [-0.4, -0.2) is 21.0 Å². The summed E-state index contributed by atoms with van der Waals surface area (Å²) in [6.45, 7) is 3.65. The maximum Gasteiger partial charge on any atom is 0.328 e. The van der Waals surface area contributed by atoms with E-state index in [1.165, 1.54) is 18.2 Å². The number of aliphatic carboxylic acids is 1. The molecule has 0 aliphatic carbocycles. The molecule has 0 aliphatic heterocycles. The Morgan fingerprint density at radius 3 is 2.43 bits per heavy atom. The lowest BCUT2D eigenvalue weighted by Gasteiger charge is -2.12. The van der Waals surface area contributed by atoms with Crippen LogP contribution in [-0.2, 0) is 4.79 Å². The Balaban J connectivity index is 2.26. The monoisotopic (exact) mass is 314 g/mol. The summed E-state index contributed by atoms with van der Waals surface area (Å²) >= 11 is 0. The Labute approximate surface area is 132 Å². The molecule has 1 N–H and O–H groups in total. The Bertz CT molecular complexity index is 759. The van der Waals surface area contributed by atoms with Crippen LogP contribution in [0.4, 0.5) is 5.69 Å². The summed E-state index contributed by atoms with van der Waals surface area (Å²) in [5.41, 5.74) is 2.23. The molecule has 0 unspecified atom stereocenters. The largest absolute Gasteiger partial charge is 0.478 e. The maximum absolute atomic E-state index is 10.6. The quantitative estimate of drug-likeness (QED) is 0.515. The molecule has 0 fully saturated rings. The number of carboxylic acid groups (broad SMARTS) is 1. The van der Waals surface area contributed by atoms with E-state index in [0.29, 0.717) is 5.75 Å². The molecule has 2 rings (SSSR count). The fourth-order valence-electron chi connectivity index (χ4n) is 2.05. The zero-order valence-corrected chi connectivity index (χ0v) is 12.5. The molecule has 118 valence electrons. The van der Waals surface area contributed by atoms with E-state index in [2.05, 4.69) is 4.98 Å². The molecule has 0 atom stereocenters. The van der Waals surface area contributed by atoms with Gasteiger partial charge in [-0.05, 0) is 48.7 Å². The molecule has 2 aromatic rings. The van der Waals surface area contributed by atoms with Gasteiger partial charge in [-0.1, -0.05) is 0 Å². The molecule has 7 heteroatoms. The number of aromatic nitrogens is 1. The number of aryl methyl sites for hydroxylation is 2. The number of nitro groups is 1. The summed E-state index contributed by atoms with van der Waals surface area (Å²) in [4.78, 5) is 24.5. The number of benzene rings is 1. The van der Waals surface area contributed by atoms with Crippen molar-refractivity contribution in [3.05, 3.63) is 63.3 Å². The van der Waals surface area contributed by atoms with Crippen molar-refractivity contribution < 1.29 is 19.6 Å². The SMILES string of the molecule is Cc1cc(/C=C/C(=O)O)cc(C)c1Oc1ccc([N+](=O)[O-])cn1. The summed E-state index contributed by atoms with van der Waals surface area (Å²) in [6, 6.07) is 6.31. The van der Waals surface area contributed by atoms with E-state index in [4.69, 9.17) is 9.84 Å². The molecular formula is C16H14N2O5. The highest BCUT2D eigenvalue weighted by atomic mass is 16.6. The topological polar surface area (TPSA) is 103 Å². The molecule has 0 radical (unpaired) electrons. The van der Waals surface area contributed by atoms with Gasteiger partial charge in [-0.25, -0.2) is 9.78 Å². The van der Waals surface area contributed by atoms with Crippen LogP contribution in [0, 0.1) is 24.0 Å². The van der Waals surface area contributed by atoms with Crippen LogP contribution in [0.5, 0.6) is 11.6 Å². The van der Waals surface area contributed by atoms with Crippen molar-refractivity contribution in [2.45, 2.75) is 13.8 Å². The highest BCUT2D eigenvalue weighted by Gasteiger charge is 2.10. The zero-order chi connectivity index (χ0) is 17.0. The van der Waals surface area contributed by atoms with Crippen molar-refractivity contribution in [1.82, 2.24) is 4.98 Å². The van der Waals surface area contributed by atoms with Gasteiger partial charge >= 0.3 is 5.97 Å². The lowest BCUT2D eigenvalue weighted by atomic mass is 10.1. The van der Waals surface area contributed by atoms with Gasteiger partial charge in [-0.2, -0.15) is 0 Å². The number of carboxylic acids is 1. The number of ether oxygens (including phenoxy) is 1. The van der Waals surface area contributed by atoms with E-state index in [9.17, 15) is 14.9 Å². The minimum Gasteiger partial charge on any atom is -0.478 e. The van der Waals surface area contributed by atoms with Crippen LogP contribution < -0.4 is 4.74 Å². The summed E-state index contributed by atoms with van der Waals surface area (Å²) in [5.74, 6) is -0.190. The predicted molar refractivity (Wildman–Crippen MR) is 83.6 cm³/mol. The average molecular weight is 314 g/mol. The van der Waals surface area contributed by atoms with Crippen molar-refractivity contribution in [3.8, 4) is 11.6 Å². The lowest BCUT2D eigenvalue weighted by Crippen LogP contribution is -1.95. The second kappa shape index (κ2) is 6.69. The van der Waals surface area contributed by atoms with Crippen molar-refractivity contribution in [2.75, 3.05) is 0 Å². The standard InChI is InChI=1S/C16H14N2O5/c1-10-7-12(3-6-15(19)20)8-11(2)16(10)23-14-5-4-13(9-17-14)18(21)22/h3-9H,1-2H3,(H,19,20)/b6-3+. The molecule has 0 aliphatic rings. The van der Waals surface area contributed by atoms with E-state index >= 15 is 0 Å². The Morgan fingerprint density at radius 2 is 1.96 bits per heavy atom. The van der Waals surface area contributed by atoms with E-state index < -0.39 is 10.9 Å². The van der Waals surface area contributed by atoms with Gasteiger partial charge in [0.05, 0.1) is 4.92 Å². The molecule has 1 heterocycles. The third-order valence-corrected chi connectivity index (χ3v) is 3.04. The van der Waals surface area contributed by atoms with Gasteiger partial charge in [0.25, 0.3) is 5.69 Å². The average Bonchev–Trinajstić information content (AvgIpc) is 2.49. The Kier molecular flexibility index (Phi) is 4.70. The molecule has 1 aromatic carbocycles. The van der Waals surface area contributed by atoms with Crippen LogP contribution in [0.15, 0.2) is 36.5 Å². The van der Waals surface area contributed by atoms with E-state index in [1.807, 2.05) is 13.8 Å². The third kappa shape index (κ3) is 4.13. The highest BCUT2D eigenvalue weighted by Crippen LogP contribution is 2.29. The first-order valence-electron chi connectivity index (χ1n) is 6.67. The summed E-state index contributed by atoms with van der Waals surface area (Å²) in [7, 11) is 0. The van der Waals surface area contributed by atoms with Gasteiger partial charge in [-0.3, -0.25) is 10.1 Å². The number of hydrogen-bond acceptors (Lipinski definition) is 5. The molecule has 7 nitrogen and oxygen atoms in total. The fraction of sp³-hybridized carbons (Fsp3) is 0.125. The van der Waals surface area contributed by atoms with Crippen molar-refractivity contribution in [2.24, 2.45) is 0 Å². The smallest absolute Gasteiger partial charge is 0.328 e. The zero-order valence-electron chi connectivity index (χ0n) is 12.5. The van der Waals surface area contributed by atoms with Crippen LogP contribution in [0.2, 0.25) is 0 Å². The minimum atomic E-state index is -1.02. The van der Waals surface area contributed by atoms with Gasteiger partial charge in [0, 0.05) is 18.2 Å². The number of pyridine rings is 1. The lowest BCUT2D eigenvalue weighted by molar-refractivity contribution is -0.385. The second-order valence-corrected chi connectivity index (χ2v) is 4.87. The minimum absolute atomic E-state index is 0.111. The van der Waals surface area contributed by atoms with Crippen molar-refractivity contribution in [1.29, 1.82) is 0 Å². The Morgan fingerprint density at radius 1 is 1.30 bits per heavy atom. The first-order valence-corrected chi connectivity index (χ1v) is 6.67. The van der Waals surface area contributed by atoms with E-state index in [-0.39, 0.29) is 11.6 Å². The number of rotatable bonds is 5. The van der Waals surface area contributed by atoms with Gasteiger partial charge < -0.3 is 9.84 Å². The maximum atomic E-state index is 10.6. The van der Waals surface area contributed by atoms with Gasteiger partial charge in [-0.15, -0.1) is 0 Å². The van der Waals surface area contributed by atoms with E-state index in [0.717, 1.165) is 29.0 Å². The van der Waals surface area contributed by atoms with Crippen LogP contribution >= 0.6 is 0 Å². The first-order chi connectivity index (χ1) is 10.9. The highest BCUT2D eigenvalue weighted by molar-refractivity contribution is 5.85. The predicted octanol–water partition coefficient (Wildman–Crippen LogP) is 3.50. The third-order valence-electron chi connectivity index (χ3n) is 3.04. The normalized spacial score (nSPS) is 10.7. The molecule has 0 saturated carbocycles. The van der Waals surface area contributed by atoms with Crippen LogP contribution in [0.3, 0.4) is 0 Å². The Hall–Kier alpha value is -3.22. The van der Waals surface area contributed by atoms with Gasteiger partial charge in [0.1, 0.15) is 11.9 Å². The number of hydrogen-bond donors (Lipinski definition) is 1. The molecule has 0 saturated heterocycles. The number of carbonyl (C=O) groups is 1. The summed E-state index contributed by atoms with van der Waals surface area (Å²) < 4.78 is 5.68. The fourth-order valence-corrected chi connectivity index (χ4v) is 2.05. The molecule has 0 bridgehead atoms. The molecule has 0 spiro atoms. The van der Waals surface area contributed by atoms with Crippen LogP contribution in [0.1, 0.15) is 16.7 Å². The molecule has 0 amide bonds. The summed E-state index contributed by atoms with van der Waals surface area (Å²) in [6.07, 6.45) is 3.69.